The molecule has 0 bridgehead atoms. The van der Waals surface area contributed by atoms with Crippen LogP contribution >= 0.6 is 0 Å². The van der Waals surface area contributed by atoms with E-state index in [1.807, 2.05) is 6.92 Å². The van der Waals surface area contributed by atoms with Gasteiger partial charge in [-0.25, -0.2) is 18.2 Å². The van der Waals surface area contributed by atoms with Crippen LogP contribution in [0.15, 0.2) is 87.6 Å². The molecular formula is C21H18N2O4S. The first-order chi connectivity index (χ1) is 13.3. The first-order valence-electron chi connectivity index (χ1n) is 8.38. The van der Waals surface area contributed by atoms with E-state index in [4.69, 9.17) is 5.73 Å². The molecule has 3 aromatic rings. The van der Waals surface area contributed by atoms with E-state index in [-0.39, 0.29) is 32.4 Å². The Balaban J connectivity index is 2.13. The van der Waals surface area contributed by atoms with Gasteiger partial charge in [-0.15, -0.1) is 0 Å². The maximum atomic E-state index is 13.1. The Bertz CT molecular complexity index is 1170. The molecule has 6 nitrogen and oxygen atoms in total. The summed E-state index contributed by atoms with van der Waals surface area (Å²) in [5.41, 5.74) is 7.37. The fourth-order valence-electron chi connectivity index (χ4n) is 2.70. The molecule has 142 valence electrons. The lowest BCUT2D eigenvalue weighted by Crippen LogP contribution is -2.18. The maximum absolute atomic E-state index is 13.1. The fourth-order valence-corrected chi connectivity index (χ4v) is 4.17. The summed E-state index contributed by atoms with van der Waals surface area (Å²) in [6.07, 6.45) is 0. The van der Waals surface area contributed by atoms with Crippen molar-refractivity contribution in [3.63, 3.8) is 0 Å². The lowest BCUT2D eigenvalue weighted by atomic mass is 10.1. The number of hydrogen-bond donors (Lipinski definition) is 2. The second-order valence-electron chi connectivity index (χ2n) is 6.13. The first kappa shape index (κ1) is 19.3. The Morgan fingerprint density at radius 2 is 1.46 bits per heavy atom. The summed E-state index contributed by atoms with van der Waals surface area (Å²) < 4.78 is 26.2. The second kappa shape index (κ2) is 7.66. The van der Waals surface area contributed by atoms with Crippen LogP contribution in [0.1, 0.15) is 21.5 Å². The van der Waals surface area contributed by atoms with Gasteiger partial charge in [0.1, 0.15) is 5.84 Å². The van der Waals surface area contributed by atoms with Crippen LogP contribution in [-0.4, -0.2) is 25.3 Å². The van der Waals surface area contributed by atoms with Gasteiger partial charge in [-0.05, 0) is 43.3 Å². The zero-order valence-electron chi connectivity index (χ0n) is 15.0. The van der Waals surface area contributed by atoms with E-state index in [2.05, 4.69) is 4.99 Å². The standard InChI is InChI=1S/C21H18N2O4S/c1-14-10-12-15(13-11-14)28(26,27)19-9-5-3-7-17(19)20(22)23-18-8-4-2-6-16(18)21(24)25/h2-13H,1H3,(H2,22,23)(H,24,25). The fraction of sp³-hybridized carbons (Fsp3) is 0.0476. The van der Waals surface area contributed by atoms with Crippen molar-refractivity contribution in [2.24, 2.45) is 10.7 Å². The minimum Gasteiger partial charge on any atom is -0.478 e. The van der Waals surface area contributed by atoms with Crippen molar-refractivity contribution in [2.75, 3.05) is 0 Å². The lowest BCUT2D eigenvalue weighted by molar-refractivity contribution is 0.0698. The van der Waals surface area contributed by atoms with Crippen LogP contribution in [0.4, 0.5) is 5.69 Å². The molecule has 0 unspecified atom stereocenters. The van der Waals surface area contributed by atoms with Gasteiger partial charge in [-0.2, -0.15) is 0 Å². The monoisotopic (exact) mass is 394 g/mol. The number of nitrogens with zero attached hydrogens (tertiary/aromatic N) is 1. The molecule has 0 radical (unpaired) electrons. The van der Waals surface area contributed by atoms with Crippen LogP contribution in [0.3, 0.4) is 0 Å². The molecule has 3 N–H and O–H groups in total. The minimum absolute atomic E-state index is 0.00732. The Kier molecular flexibility index (Phi) is 5.28. The van der Waals surface area contributed by atoms with E-state index in [1.165, 1.54) is 30.3 Å². The molecule has 0 aliphatic rings. The van der Waals surface area contributed by atoms with Gasteiger partial charge < -0.3 is 10.8 Å². The summed E-state index contributed by atoms with van der Waals surface area (Å²) in [6.45, 7) is 1.87. The van der Waals surface area contributed by atoms with Crippen LogP contribution in [-0.2, 0) is 9.84 Å². The maximum Gasteiger partial charge on any atom is 0.337 e. The highest BCUT2D eigenvalue weighted by Crippen LogP contribution is 2.26. The van der Waals surface area contributed by atoms with E-state index in [9.17, 15) is 18.3 Å². The van der Waals surface area contributed by atoms with Gasteiger partial charge in [0, 0.05) is 5.56 Å². The summed E-state index contributed by atoms with van der Waals surface area (Å²) in [5, 5.41) is 9.30. The quantitative estimate of drug-likeness (QED) is 0.508. The molecule has 0 spiro atoms. The average Bonchev–Trinajstić information content (AvgIpc) is 2.68. The van der Waals surface area contributed by atoms with Crippen molar-refractivity contribution in [2.45, 2.75) is 16.7 Å². The minimum atomic E-state index is -3.83. The van der Waals surface area contributed by atoms with Gasteiger partial charge in [-0.1, -0.05) is 42.0 Å². The Labute approximate surface area is 162 Å². The summed E-state index contributed by atoms with van der Waals surface area (Å²) >= 11 is 0. The number of sulfone groups is 1. The molecule has 0 atom stereocenters. The number of hydrogen-bond acceptors (Lipinski definition) is 4. The van der Waals surface area contributed by atoms with E-state index in [0.717, 1.165) is 5.56 Å². The number of amidine groups is 1. The molecule has 0 saturated carbocycles. The molecule has 3 aromatic carbocycles. The largest absolute Gasteiger partial charge is 0.478 e. The van der Waals surface area contributed by atoms with Gasteiger partial charge in [0.25, 0.3) is 0 Å². The highest BCUT2D eigenvalue weighted by molar-refractivity contribution is 7.91. The third kappa shape index (κ3) is 3.79. The lowest BCUT2D eigenvalue weighted by Gasteiger charge is -2.11. The van der Waals surface area contributed by atoms with Crippen molar-refractivity contribution < 1.29 is 18.3 Å². The predicted octanol–water partition coefficient (Wildman–Crippen LogP) is 3.56. The number of carboxylic acids is 1. The summed E-state index contributed by atoms with van der Waals surface area (Å²) in [5.74, 6) is -1.23. The van der Waals surface area contributed by atoms with Gasteiger partial charge >= 0.3 is 5.97 Å². The summed E-state index contributed by atoms with van der Waals surface area (Å²) in [4.78, 5) is 15.7. The number of benzene rings is 3. The number of nitrogens with two attached hydrogens (primary N) is 1. The molecule has 28 heavy (non-hydrogen) atoms. The topological polar surface area (TPSA) is 110 Å². The number of carboxylic acid groups (broad SMARTS) is 1. The van der Waals surface area contributed by atoms with E-state index < -0.39 is 15.8 Å². The third-order valence-corrected chi connectivity index (χ3v) is 5.99. The molecule has 7 heteroatoms. The van der Waals surface area contributed by atoms with Crippen molar-refractivity contribution in [3.05, 3.63) is 89.5 Å². The molecular weight excluding hydrogens is 376 g/mol. The average molecular weight is 394 g/mol. The van der Waals surface area contributed by atoms with Crippen LogP contribution in [0.25, 0.3) is 0 Å². The molecule has 0 aromatic heterocycles. The summed E-state index contributed by atoms with van der Waals surface area (Å²) in [7, 11) is -3.83. The van der Waals surface area contributed by atoms with Crippen LogP contribution < -0.4 is 5.73 Å². The van der Waals surface area contributed by atoms with Gasteiger partial charge in [0.2, 0.25) is 9.84 Å². The SMILES string of the molecule is Cc1ccc(S(=O)(=O)c2ccccc2C(N)=Nc2ccccc2C(=O)O)cc1. The second-order valence-corrected chi connectivity index (χ2v) is 8.05. The normalized spacial score (nSPS) is 12.0. The van der Waals surface area contributed by atoms with Crippen molar-refractivity contribution in [1.29, 1.82) is 0 Å². The molecule has 0 aliphatic carbocycles. The van der Waals surface area contributed by atoms with Gasteiger partial charge in [0.15, 0.2) is 0 Å². The van der Waals surface area contributed by atoms with E-state index in [0.29, 0.717) is 0 Å². The third-order valence-electron chi connectivity index (χ3n) is 4.16. The number of aryl methyl sites for hydroxylation is 1. The zero-order chi connectivity index (χ0) is 20.3. The van der Waals surface area contributed by atoms with E-state index >= 15 is 0 Å². The van der Waals surface area contributed by atoms with Gasteiger partial charge in [-0.3, -0.25) is 0 Å². The summed E-state index contributed by atoms with van der Waals surface area (Å²) in [6, 6.07) is 18.9. The van der Waals surface area contributed by atoms with Crippen molar-refractivity contribution >= 4 is 27.3 Å². The first-order valence-corrected chi connectivity index (χ1v) is 9.86. The molecule has 3 rings (SSSR count). The molecule has 0 saturated heterocycles. The predicted molar refractivity (Wildman–Crippen MR) is 107 cm³/mol. The van der Waals surface area contributed by atoms with Gasteiger partial charge in [0.05, 0.1) is 21.0 Å². The number of rotatable bonds is 5. The van der Waals surface area contributed by atoms with Crippen molar-refractivity contribution in [1.82, 2.24) is 0 Å². The number of aromatic carboxylic acids is 1. The van der Waals surface area contributed by atoms with Crippen LogP contribution in [0.2, 0.25) is 0 Å². The molecule has 0 heterocycles. The zero-order valence-corrected chi connectivity index (χ0v) is 15.8. The molecule has 0 aliphatic heterocycles. The highest BCUT2D eigenvalue weighted by Gasteiger charge is 2.22. The van der Waals surface area contributed by atoms with Crippen LogP contribution in [0.5, 0.6) is 0 Å². The number of aliphatic imine (C=N–C) groups is 1. The molecule has 0 fully saturated rings. The number of para-hydroxylation sites is 1. The van der Waals surface area contributed by atoms with E-state index in [1.54, 1.807) is 42.5 Å². The molecule has 0 amide bonds. The Morgan fingerprint density at radius 1 is 0.893 bits per heavy atom. The Hall–Kier alpha value is -3.45. The van der Waals surface area contributed by atoms with Crippen LogP contribution in [0, 0.1) is 6.92 Å². The smallest absolute Gasteiger partial charge is 0.337 e. The highest BCUT2D eigenvalue weighted by atomic mass is 32.2. The Morgan fingerprint density at radius 3 is 2.11 bits per heavy atom. The number of carbonyl (C=O) groups is 1. The van der Waals surface area contributed by atoms with Crippen molar-refractivity contribution in [3.8, 4) is 0 Å².